The van der Waals surface area contributed by atoms with E-state index in [1.54, 1.807) is 23.3 Å². The van der Waals surface area contributed by atoms with Crippen LogP contribution in [0, 0.1) is 0 Å². The van der Waals surface area contributed by atoms with Gasteiger partial charge in [0.1, 0.15) is 6.29 Å². The summed E-state index contributed by atoms with van der Waals surface area (Å²) >= 11 is 1.58. The first-order chi connectivity index (χ1) is 9.91. The van der Waals surface area contributed by atoms with E-state index in [1.165, 1.54) is 12.1 Å². The van der Waals surface area contributed by atoms with Crippen LogP contribution in [0.15, 0.2) is 35.7 Å². The van der Waals surface area contributed by atoms with Crippen LogP contribution in [0.5, 0.6) is 0 Å². The summed E-state index contributed by atoms with van der Waals surface area (Å²) in [6.07, 6.45) is -3.38. The van der Waals surface area contributed by atoms with Gasteiger partial charge >= 0.3 is 6.18 Å². The van der Waals surface area contributed by atoms with E-state index in [0.717, 1.165) is 10.9 Å². The van der Waals surface area contributed by atoms with Gasteiger partial charge in [-0.1, -0.05) is 6.07 Å². The number of hydrogen-bond acceptors (Lipinski definition) is 3. The van der Waals surface area contributed by atoms with E-state index < -0.39 is 11.7 Å². The van der Waals surface area contributed by atoms with Crippen molar-refractivity contribution in [3.8, 4) is 0 Å². The highest BCUT2D eigenvalue weighted by molar-refractivity contribution is 7.09. The third kappa shape index (κ3) is 3.85. The molecule has 0 amide bonds. The summed E-state index contributed by atoms with van der Waals surface area (Å²) in [7, 11) is 1.62. The van der Waals surface area contributed by atoms with Gasteiger partial charge in [-0.3, -0.25) is 4.79 Å². The third-order valence-corrected chi connectivity index (χ3v) is 4.08. The summed E-state index contributed by atoms with van der Waals surface area (Å²) in [5.74, 6) is 0. The zero-order valence-corrected chi connectivity index (χ0v) is 12.2. The number of hydrogen-bond donors (Lipinski definition) is 0. The van der Waals surface area contributed by atoms with Crippen LogP contribution in [-0.2, 0) is 12.6 Å². The van der Waals surface area contributed by atoms with E-state index in [0.29, 0.717) is 19.3 Å². The van der Waals surface area contributed by atoms with Crippen LogP contribution in [0.4, 0.5) is 18.9 Å². The van der Waals surface area contributed by atoms with Crippen LogP contribution >= 0.6 is 11.3 Å². The number of carbonyl (C=O) groups is 1. The van der Waals surface area contributed by atoms with Gasteiger partial charge in [0.15, 0.2) is 0 Å². The fourth-order valence-electron chi connectivity index (χ4n) is 2.04. The Morgan fingerprint density at radius 3 is 2.62 bits per heavy atom. The zero-order chi connectivity index (χ0) is 15.5. The second-order valence-electron chi connectivity index (χ2n) is 4.64. The van der Waals surface area contributed by atoms with Crippen LogP contribution in [-0.4, -0.2) is 19.9 Å². The molecule has 0 bridgehead atoms. The Labute approximate surface area is 124 Å². The van der Waals surface area contributed by atoms with Crippen molar-refractivity contribution in [2.45, 2.75) is 12.6 Å². The van der Waals surface area contributed by atoms with Crippen molar-refractivity contribution in [3.63, 3.8) is 0 Å². The minimum absolute atomic E-state index is 0.0257. The Morgan fingerprint density at radius 2 is 2.05 bits per heavy atom. The Bertz CT molecular complexity index is 608. The first-order valence-corrected chi connectivity index (χ1v) is 7.19. The Kier molecular flexibility index (Phi) is 4.67. The molecule has 0 N–H and O–H groups in total. The summed E-state index contributed by atoms with van der Waals surface area (Å²) in [4.78, 5) is 13.4. The van der Waals surface area contributed by atoms with Gasteiger partial charge in [-0.25, -0.2) is 0 Å². The molecule has 2 nitrogen and oxygen atoms in total. The van der Waals surface area contributed by atoms with E-state index in [9.17, 15) is 18.0 Å². The highest BCUT2D eigenvalue weighted by Gasteiger charge is 2.34. The normalized spacial score (nSPS) is 11.4. The molecular formula is C15H14F3NOS. The average molecular weight is 313 g/mol. The topological polar surface area (TPSA) is 20.3 Å². The molecule has 2 rings (SSSR count). The molecule has 0 aliphatic rings. The SMILES string of the molecule is CN(CCc1cccs1)c1ccc(C=O)cc1C(F)(F)F. The minimum atomic E-state index is -4.48. The molecule has 21 heavy (non-hydrogen) atoms. The second kappa shape index (κ2) is 6.30. The van der Waals surface area contributed by atoms with Crippen LogP contribution in [0.3, 0.4) is 0 Å². The molecular weight excluding hydrogens is 299 g/mol. The fraction of sp³-hybridized carbons (Fsp3) is 0.267. The average Bonchev–Trinajstić information content (AvgIpc) is 2.96. The lowest BCUT2D eigenvalue weighted by atomic mass is 10.1. The molecule has 2 aromatic rings. The number of likely N-dealkylation sites (N-methyl/N-ethyl adjacent to an activating group) is 1. The number of alkyl halides is 3. The van der Waals surface area contributed by atoms with Gasteiger partial charge in [-0.2, -0.15) is 13.2 Å². The first-order valence-electron chi connectivity index (χ1n) is 6.32. The number of carbonyl (C=O) groups excluding carboxylic acids is 1. The van der Waals surface area contributed by atoms with Gasteiger partial charge in [0.25, 0.3) is 0 Å². The van der Waals surface area contributed by atoms with E-state index in [1.807, 2.05) is 17.5 Å². The molecule has 0 aliphatic heterocycles. The minimum Gasteiger partial charge on any atom is -0.374 e. The predicted octanol–water partition coefficient (Wildman–Crippen LogP) is 4.26. The van der Waals surface area contributed by atoms with Crippen molar-refractivity contribution in [2.24, 2.45) is 0 Å². The zero-order valence-electron chi connectivity index (χ0n) is 11.4. The molecule has 6 heteroatoms. The van der Waals surface area contributed by atoms with Gasteiger partial charge < -0.3 is 4.90 Å². The van der Waals surface area contributed by atoms with Gasteiger partial charge in [0.05, 0.1) is 5.56 Å². The molecule has 1 heterocycles. The summed E-state index contributed by atoms with van der Waals surface area (Å²) in [5.41, 5.74) is -0.664. The van der Waals surface area contributed by atoms with Gasteiger partial charge in [0.2, 0.25) is 0 Å². The lowest BCUT2D eigenvalue weighted by Crippen LogP contribution is -2.23. The lowest BCUT2D eigenvalue weighted by Gasteiger charge is -2.23. The monoisotopic (exact) mass is 313 g/mol. The summed E-state index contributed by atoms with van der Waals surface area (Å²) in [6.45, 7) is 0.476. The molecule has 0 saturated carbocycles. The maximum Gasteiger partial charge on any atom is 0.418 e. The smallest absolute Gasteiger partial charge is 0.374 e. The number of halogens is 3. The third-order valence-electron chi connectivity index (χ3n) is 3.15. The quantitative estimate of drug-likeness (QED) is 0.769. The Balaban J connectivity index is 2.23. The highest BCUT2D eigenvalue weighted by atomic mass is 32.1. The predicted molar refractivity (Wildman–Crippen MR) is 78.1 cm³/mol. The van der Waals surface area contributed by atoms with E-state index in [-0.39, 0.29) is 11.3 Å². The maximum atomic E-state index is 13.1. The summed E-state index contributed by atoms with van der Waals surface area (Å²) in [6, 6.07) is 7.52. The number of benzene rings is 1. The Hall–Kier alpha value is -1.82. The van der Waals surface area contributed by atoms with Crippen LogP contribution in [0.25, 0.3) is 0 Å². The van der Waals surface area contributed by atoms with Crippen LogP contribution in [0.1, 0.15) is 20.8 Å². The van der Waals surface area contributed by atoms with Crippen molar-refractivity contribution in [1.29, 1.82) is 0 Å². The second-order valence-corrected chi connectivity index (χ2v) is 5.68. The number of aldehydes is 1. The molecule has 0 spiro atoms. The molecule has 0 radical (unpaired) electrons. The molecule has 1 aromatic carbocycles. The van der Waals surface area contributed by atoms with Crippen molar-refractivity contribution in [2.75, 3.05) is 18.5 Å². The van der Waals surface area contributed by atoms with Crippen molar-refractivity contribution in [1.82, 2.24) is 0 Å². The summed E-state index contributed by atoms with van der Waals surface area (Å²) < 4.78 is 39.3. The molecule has 112 valence electrons. The van der Waals surface area contributed by atoms with E-state index in [4.69, 9.17) is 0 Å². The number of thiophene rings is 1. The molecule has 0 fully saturated rings. The largest absolute Gasteiger partial charge is 0.418 e. The maximum absolute atomic E-state index is 13.1. The number of anilines is 1. The standard InChI is InChI=1S/C15H14F3NOS/c1-19(7-6-12-3-2-8-21-12)14-5-4-11(10-20)9-13(14)15(16,17)18/h2-5,8-10H,6-7H2,1H3. The fourth-order valence-corrected chi connectivity index (χ4v) is 2.74. The molecule has 0 saturated heterocycles. The van der Waals surface area contributed by atoms with Gasteiger partial charge in [-0.05, 0) is 36.1 Å². The highest BCUT2D eigenvalue weighted by Crippen LogP contribution is 2.36. The molecule has 0 aliphatic carbocycles. The van der Waals surface area contributed by atoms with Crippen LogP contribution < -0.4 is 4.90 Å². The molecule has 1 aromatic heterocycles. The summed E-state index contributed by atoms with van der Waals surface area (Å²) in [5, 5.41) is 1.94. The first kappa shape index (κ1) is 15.6. The van der Waals surface area contributed by atoms with Crippen LogP contribution in [0.2, 0.25) is 0 Å². The number of nitrogens with zero attached hydrogens (tertiary/aromatic N) is 1. The van der Waals surface area contributed by atoms with Gasteiger partial charge in [-0.15, -0.1) is 11.3 Å². The van der Waals surface area contributed by atoms with Gasteiger partial charge in [0, 0.05) is 29.7 Å². The number of rotatable bonds is 5. The molecule has 0 unspecified atom stereocenters. The lowest BCUT2D eigenvalue weighted by molar-refractivity contribution is -0.137. The molecule has 0 atom stereocenters. The van der Waals surface area contributed by atoms with Crippen molar-refractivity contribution < 1.29 is 18.0 Å². The van der Waals surface area contributed by atoms with Crippen molar-refractivity contribution in [3.05, 3.63) is 51.7 Å². The van der Waals surface area contributed by atoms with E-state index >= 15 is 0 Å². The van der Waals surface area contributed by atoms with E-state index in [2.05, 4.69) is 0 Å². The Morgan fingerprint density at radius 1 is 1.29 bits per heavy atom. The van der Waals surface area contributed by atoms with Crippen molar-refractivity contribution >= 4 is 23.3 Å².